The van der Waals surface area contributed by atoms with Crippen molar-refractivity contribution in [2.45, 2.75) is 46.0 Å². The predicted octanol–water partition coefficient (Wildman–Crippen LogP) is 21.4. The van der Waals surface area contributed by atoms with Gasteiger partial charge in [0.15, 0.2) is 0 Å². The molecule has 0 fully saturated rings. The molecular formula is C75H63BrN2. The molecule has 3 N–H and O–H groups in total. The summed E-state index contributed by atoms with van der Waals surface area (Å²) in [7, 11) is 0. The number of fused-ring (bicyclic) bond motifs is 8. The average Bonchev–Trinajstić information content (AvgIpc) is 4.01. The average molecular weight is 1070 g/mol. The number of anilines is 3. The maximum atomic E-state index is 6.29. The molecule has 0 aliphatic heterocycles. The normalized spacial score (nSPS) is 12.8. The van der Waals surface area contributed by atoms with E-state index in [1.165, 1.54) is 105 Å². The summed E-state index contributed by atoms with van der Waals surface area (Å²) in [5.41, 5.74) is 30.0. The van der Waals surface area contributed by atoms with Crippen molar-refractivity contribution in [1.29, 1.82) is 0 Å². The molecule has 0 amide bonds. The fourth-order valence-electron chi connectivity index (χ4n) is 11.8. The molecule has 2 aliphatic carbocycles. The summed E-state index contributed by atoms with van der Waals surface area (Å²) in [6.07, 6.45) is 0. The molecule has 0 atom stereocenters. The number of nitrogens with one attached hydrogen (secondary N) is 1. The van der Waals surface area contributed by atoms with Gasteiger partial charge in [0.05, 0.1) is 0 Å². The van der Waals surface area contributed by atoms with Gasteiger partial charge in [0.2, 0.25) is 0 Å². The summed E-state index contributed by atoms with van der Waals surface area (Å²) < 4.78 is 1.16. The van der Waals surface area contributed by atoms with Crippen LogP contribution in [0.2, 0.25) is 0 Å². The van der Waals surface area contributed by atoms with Gasteiger partial charge >= 0.3 is 0 Å². The zero-order valence-corrected chi connectivity index (χ0v) is 45.4. The van der Waals surface area contributed by atoms with Crippen LogP contribution in [0.4, 0.5) is 17.1 Å². The van der Waals surface area contributed by atoms with Gasteiger partial charge in [-0.2, -0.15) is 0 Å². The largest absolute Gasteiger partial charge is 0.398 e. The summed E-state index contributed by atoms with van der Waals surface area (Å²) in [6.45, 7) is 9.25. The molecule has 3 heteroatoms. The Kier molecular flexibility index (Phi) is 14.0. The van der Waals surface area contributed by atoms with Crippen LogP contribution in [0.5, 0.6) is 0 Å². The van der Waals surface area contributed by atoms with Crippen molar-refractivity contribution < 1.29 is 0 Å². The van der Waals surface area contributed by atoms with E-state index in [1.54, 1.807) is 0 Å². The van der Waals surface area contributed by atoms with Gasteiger partial charge in [0, 0.05) is 43.5 Å². The highest BCUT2D eigenvalue weighted by Crippen LogP contribution is 2.51. The molecule has 0 radical (unpaired) electrons. The van der Waals surface area contributed by atoms with Crippen molar-refractivity contribution in [1.82, 2.24) is 0 Å². The lowest BCUT2D eigenvalue weighted by molar-refractivity contribution is 0.660. The second-order valence-corrected chi connectivity index (χ2v) is 22.2. The molecule has 78 heavy (non-hydrogen) atoms. The molecule has 0 aromatic heterocycles. The molecule has 0 saturated carbocycles. The van der Waals surface area contributed by atoms with E-state index in [0.29, 0.717) is 0 Å². The minimum atomic E-state index is -0.0285. The van der Waals surface area contributed by atoms with Crippen LogP contribution in [0.15, 0.2) is 271 Å². The Hall–Kier alpha value is -8.76. The highest BCUT2D eigenvalue weighted by atomic mass is 79.9. The Morgan fingerprint density at radius 3 is 1.32 bits per heavy atom. The highest BCUT2D eigenvalue weighted by Gasteiger charge is 2.36. The van der Waals surface area contributed by atoms with Crippen LogP contribution in [-0.2, 0) is 10.8 Å². The summed E-state index contributed by atoms with van der Waals surface area (Å²) >= 11 is 3.56. The van der Waals surface area contributed by atoms with E-state index in [9.17, 15) is 0 Å². The lowest BCUT2D eigenvalue weighted by Crippen LogP contribution is -2.15. The standard InChI is InChI=1S/C37H29N.C22H17N.C15H13Br.CH4/c1-37(2)34-18-9-8-16-31(34)32-21-20-28(24-35(32)37)38-36-22-19-27(25-11-4-3-5-12-25)23-33(36)30-17-10-14-26-13-6-7-15-29(26)30;23-22-14-13-18(16-7-2-1-3-8-16)15-21(22)20-12-6-10-17-9-4-5-11-19(17)20;1-15(2)13-6-4-3-5-11(13)12-8-7-10(16)9-14(12)15;/h3-24,38H,1-2H3;1-15H,23H2;3-9H,1-2H3;1H4. The van der Waals surface area contributed by atoms with Gasteiger partial charge in [-0.1, -0.05) is 269 Å². The highest BCUT2D eigenvalue weighted by molar-refractivity contribution is 9.10. The molecule has 0 saturated heterocycles. The Bertz CT molecular complexity index is 4140. The molecule has 0 unspecified atom stereocenters. The van der Waals surface area contributed by atoms with Crippen LogP contribution in [0.25, 0.3) is 88.3 Å². The molecule has 0 heterocycles. The van der Waals surface area contributed by atoms with E-state index in [-0.39, 0.29) is 18.3 Å². The van der Waals surface area contributed by atoms with Gasteiger partial charge in [0.1, 0.15) is 0 Å². The molecule has 14 rings (SSSR count). The fourth-order valence-corrected chi connectivity index (χ4v) is 12.2. The second kappa shape index (κ2) is 21.3. The van der Waals surface area contributed by atoms with Gasteiger partial charge in [-0.3, -0.25) is 0 Å². The molecule has 2 aliphatic rings. The minimum Gasteiger partial charge on any atom is -0.398 e. The van der Waals surface area contributed by atoms with E-state index in [1.807, 2.05) is 12.1 Å². The second-order valence-electron chi connectivity index (χ2n) is 21.3. The van der Waals surface area contributed by atoms with Crippen molar-refractivity contribution in [3.63, 3.8) is 0 Å². The number of hydrogen-bond donors (Lipinski definition) is 2. The summed E-state index contributed by atoms with van der Waals surface area (Å²) in [5, 5.41) is 8.77. The van der Waals surface area contributed by atoms with Crippen LogP contribution in [-0.4, -0.2) is 0 Å². The first-order valence-corrected chi connectivity index (χ1v) is 27.3. The quantitative estimate of drug-likeness (QED) is 0.163. The predicted molar refractivity (Wildman–Crippen MR) is 340 cm³/mol. The van der Waals surface area contributed by atoms with Crippen molar-refractivity contribution in [3.8, 4) is 66.8 Å². The molecule has 12 aromatic carbocycles. The van der Waals surface area contributed by atoms with E-state index in [4.69, 9.17) is 5.73 Å². The molecular weight excluding hydrogens is 1010 g/mol. The smallest absolute Gasteiger partial charge is 0.0464 e. The third kappa shape index (κ3) is 9.61. The Balaban J connectivity index is 0.000000137. The van der Waals surface area contributed by atoms with E-state index in [2.05, 4.69) is 304 Å². The van der Waals surface area contributed by atoms with E-state index in [0.717, 1.165) is 27.1 Å². The van der Waals surface area contributed by atoms with Crippen molar-refractivity contribution in [2.24, 2.45) is 0 Å². The third-order valence-corrected chi connectivity index (χ3v) is 16.3. The number of nitrogens with two attached hydrogens (primary N) is 1. The van der Waals surface area contributed by atoms with Crippen LogP contribution in [0.3, 0.4) is 0 Å². The van der Waals surface area contributed by atoms with Gasteiger partial charge in [-0.25, -0.2) is 0 Å². The molecule has 0 spiro atoms. The third-order valence-electron chi connectivity index (χ3n) is 15.9. The summed E-state index contributed by atoms with van der Waals surface area (Å²) in [4.78, 5) is 0. The zero-order chi connectivity index (χ0) is 52.7. The van der Waals surface area contributed by atoms with E-state index < -0.39 is 0 Å². The number of halogens is 1. The summed E-state index contributed by atoms with van der Waals surface area (Å²) in [5.74, 6) is 0. The van der Waals surface area contributed by atoms with Crippen LogP contribution in [0, 0.1) is 0 Å². The van der Waals surface area contributed by atoms with Crippen molar-refractivity contribution >= 4 is 54.5 Å². The molecule has 380 valence electrons. The van der Waals surface area contributed by atoms with Gasteiger partial charge < -0.3 is 11.1 Å². The van der Waals surface area contributed by atoms with Crippen LogP contribution in [0.1, 0.15) is 57.4 Å². The van der Waals surface area contributed by atoms with Crippen molar-refractivity contribution in [3.05, 3.63) is 294 Å². The SMILES string of the molecule is C.CC1(C)c2ccccc2-c2ccc(Br)cc21.CC1(C)c2ccccc2-c2ccc(Nc3ccc(-c4ccccc4)cc3-c3cccc4ccccc34)cc21.Nc1ccc(-c2ccccc2)cc1-c1cccc2ccccc12. The van der Waals surface area contributed by atoms with Crippen LogP contribution < -0.4 is 11.1 Å². The topological polar surface area (TPSA) is 38.0 Å². The Morgan fingerprint density at radius 2 is 0.744 bits per heavy atom. The zero-order valence-electron chi connectivity index (χ0n) is 43.9. The minimum absolute atomic E-state index is 0. The fraction of sp³-hybridized carbons (Fsp3) is 0.0933. The first-order valence-electron chi connectivity index (χ1n) is 26.5. The maximum absolute atomic E-state index is 6.29. The number of nitrogen functional groups attached to an aromatic ring is 1. The van der Waals surface area contributed by atoms with Gasteiger partial charge in [0.25, 0.3) is 0 Å². The van der Waals surface area contributed by atoms with E-state index >= 15 is 0 Å². The maximum Gasteiger partial charge on any atom is 0.0464 e. The Morgan fingerprint density at radius 1 is 0.321 bits per heavy atom. The number of hydrogen-bond acceptors (Lipinski definition) is 2. The summed E-state index contributed by atoms with van der Waals surface area (Å²) in [6, 6.07) is 95.0. The monoisotopic (exact) mass is 1070 g/mol. The number of benzene rings is 12. The number of rotatable bonds is 6. The lowest BCUT2D eigenvalue weighted by Gasteiger charge is -2.22. The molecule has 0 bridgehead atoms. The van der Waals surface area contributed by atoms with Gasteiger partial charge in [-0.15, -0.1) is 0 Å². The van der Waals surface area contributed by atoms with Gasteiger partial charge in [-0.05, 0) is 148 Å². The molecule has 2 nitrogen and oxygen atoms in total. The first kappa shape index (κ1) is 51.4. The van der Waals surface area contributed by atoms with Crippen molar-refractivity contribution in [2.75, 3.05) is 11.1 Å². The molecule has 12 aromatic rings. The Labute approximate surface area is 469 Å². The lowest BCUT2D eigenvalue weighted by atomic mass is 9.82. The first-order chi connectivity index (χ1) is 37.5. The van der Waals surface area contributed by atoms with Crippen LogP contribution >= 0.6 is 15.9 Å².